The Bertz CT molecular complexity index is 408. The molecule has 17 heavy (non-hydrogen) atoms. The highest BCUT2D eigenvalue weighted by molar-refractivity contribution is 9.10. The summed E-state index contributed by atoms with van der Waals surface area (Å²) < 4.78 is 6.41. The lowest BCUT2D eigenvalue weighted by Gasteiger charge is -2.14. The number of carbonyl (C=O) groups excluding carboxylic acids is 1. The van der Waals surface area contributed by atoms with Crippen LogP contribution in [0.15, 0.2) is 16.6 Å². The van der Waals surface area contributed by atoms with E-state index in [0.29, 0.717) is 23.6 Å². The number of hydrogen-bond donors (Lipinski definition) is 2. The lowest BCUT2D eigenvalue weighted by atomic mass is 10.1. The van der Waals surface area contributed by atoms with Crippen molar-refractivity contribution in [2.24, 2.45) is 5.73 Å². The van der Waals surface area contributed by atoms with Gasteiger partial charge >= 0.3 is 0 Å². The molecule has 0 aliphatic carbocycles. The first-order chi connectivity index (χ1) is 8.10. The third-order valence-corrected chi connectivity index (χ3v) is 2.80. The fourth-order valence-corrected chi connectivity index (χ4v) is 1.91. The molecule has 0 unspecified atom stereocenters. The highest BCUT2D eigenvalue weighted by atomic mass is 79.9. The Morgan fingerprint density at radius 3 is 2.76 bits per heavy atom. The average Bonchev–Trinajstić information content (AvgIpc) is 2.28. The van der Waals surface area contributed by atoms with Gasteiger partial charge in [0.1, 0.15) is 5.75 Å². The molecule has 1 aromatic rings. The maximum atomic E-state index is 11.3. The van der Waals surface area contributed by atoms with Gasteiger partial charge in [-0.05, 0) is 18.6 Å². The molecule has 0 aliphatic rings. The number of amides is 1. The van der Waals surface area contributed by atoms with Crippen molar-refractivity contribution < 1.29 is 9.53 Å². The number of nitrogens with two attached hydrogens (primary N) is 1. The van der Waals surface area contributed by atoms with Crippen LogP contribution in [-0.2, 0) is 0 Å². The summed E-state index contributed by atoms with van der Waals surface area (Å²) in [6.45, 7) is 2.72. The van der Waals surface area contributed by atoms with Gasteiger partial charge in [0.15, 0.2) is 0 Å². The molecule has 1 rings (SSSR count). The zero-order valence-electron chi connectivity index (χ0n) is 10.0. The van der Waals surface area contributed by atoms with E-state index in [9.17, 15) is 4.79 Å². The lowest BCUT2D eigenvalue weighted by molar-refractivity contribution is 0.100. The molecule has 1 aromatic carbocycles. The number of carbonyl (C=O) groups is 1. The summed E-state index contributed by atoms with van der Waals surface area (Å²) in [7, 11) is 1.74. The quantitative estimate of drug-likeness (QED) is 0.794. The monoisotopic (exact) mass is 300 g/mol. The lowest BCUT2D eigenvalue weighted by Crippen LogP contribution is -2.14. The minimum Gasteiger partial charge on any atom is -0.491 e. The van der Waals surface area contributed by atoms with Crippen molar-refractivity contribution in [2.45, 2.75) is 19.8 Å². The normalized spacial score (nSPS) is 10.1. The summed E-state index contributed by atoms with van der Waals surface area (Å²) in [5, 5.41) is 2.95. The van der Waals surface area contributed by atoms with Crippen LogP contribution in [0.1, 0.15) is 30.1 Å². The molecule has 3 N–H and O–H groups in total. The fraction of sp³-hybridized carbons (Fsp3) is 0.417. The van der Waals surface area contributed by atoms with E-state index in [1.165, 1.54) is 0 Å². The predicted octanol–water partition coefficient (Wildman–Crippen LogP) is 2.77. The second-order valence-electron chi connectivity index (χ2n) is 3.64. The number of rotatable bonds is 6. The van der Waals surface area contributed by atoms with E-state index in [1.807, 2.05) is 6.07 Å². The molecule has 0 fully saturated rings. The van der Waals surface area contributed by atoms with Gasteiger partial charge in [0, 0.05) is 11.5 Å². The second kappa shape index (κ2) is 6.49. The van der Waals surface area contributed by atoms with Crippen LogP contribution in [0, 0.1) is 0 Å². The number of anilines is 1. The largest absolute Gasteiger partial charge is 0.491 e. The second-order valence-corrected chi connectivity index (χ2v) is 4.56. The van der Waals surface area contributed by atoms with Gasteiger partial charge in [-0.25, -0.2) is 0 Å². The number of primary amides is 1. The summed E-state index contributed by atoms with van der Waals surface area (Å²) in [6.07, 6.45) is 2.03. The number of benzene rings is 1. The van der Waals surface area contributed by atoms with Crippen molar-refractivity contribution >= 4 is 27.5 Å². The van der Waals surface area contributed by atoms with E-state index in [1.54, 1.807) is 13.1 Å². The Hall–Kier alpha value is -1.23. The van der Waals surface area contributed by atoms with Crippen molar-refractivity contribution in [3.63, 3.8) is 0 Å². The molecule has 0 spiro atoms. The Morgan fingerprint density at radius 2 is 2.24 bits per heavy atom. The Kier molecular flexibility index (Phi) is 5.28. The van der Waals surface area contributed by atoms with Crippen LogP contribution in [0.5, 0.6) is 5.75 Å². The summed E-state index contributed by atoms with van der Waals surface area (Å²) in [5.74, 6) is 0.167. The van der Waals surface area contributed by atoms with Crippen LogP contribution in [0.3, 0.4) is 0 Å². The molecule has 0 aliphatic heterocycles. The summed E-state index contributed by atoms with van der Waals surface area (Å²) >= 11 is 3.34. The molecule has 0 saturated carbocycles. The van der Waals surface area contributed by atoms with Crippen LogP contribution in [0.4, 0.5) is 5.69 Å². The first-order valence-corrected chi connectivity index (χ1v) is 6.33. The number of hydrogen-bond acceptors (Lipinski definition) is 3. The predicted molar refractivity (Wildman–Crippen MR) is 72.6 cm³/mol. The van der Waals surface area contributed by atoms with Crippen LogP contribution in [-0.4, -0.2) is 19.6 Å². The van der Waals surface area contributed by atoms with E-state index < -0.39 is 5.91 Å². The van der Waals surface area contributed by atoms with Crippen molar-refractivity contribution in [2.75, 3.05) is 19.0 Å². The molecule has 4 nitrogen and oxygen atoms in total. The van der Waals surface area contributed by atoms with Crippen LogP contribution in [0.25, 0.3) is 0 Å². The van der Waals surface area contributed by atoms with Gasteiger partial charge in [-0.15, -0.1) is 0 Å². The molecule has 0 saturated heterocycles. The summed E-state index contributed by atoms with van der Waals surface area (Å²) in [4.78, 5) is 11.3. The molecule has 0 radical (unpaired) electrons. The Balaban J connectivity index is 3.05. The molecule has 94 valence electrons. The van der Waals surface area contributed by atoms with Gasteiger partial charge in [-0.3, -0.25) is 4.79 Å². The van der Waals surface area contributed by atoms with Crippen molar-refractivity contribution in [1.82, 2.24) is 0 Å². The van der Waals surface area contributed by atoms with Gasteiger partial charge in [0.05, 0.1) is 17.9 Å². The molecule has 0 aromatic heterocycles. The first-order valence-electron chi connectivity index (χ1n) is 5.54. The van der Waals surface area contributed by atoms with Gasteiger partial charge in [-0.2, -0.15) is 0 Å². The van der Waals surface area contributed by atoms with Crippen LogP contribution >= 0.6 is 15.9 Å². The number of unbranched alkanes of at least 4 members (excludes halogenated alkanes) is 1. The molecular weight excluding hydrogens is 284 g/mol. The van der Waals surface area contributed by atoms with Gasteiger partial charge in [0.25, 0.3) is 5.91 Å². The molecule has 5 heteroatoms. The highest BCUT2D eigenvalue weighted by Gasteiger charge is 2.14. The average molecular weight is 301 g/mol. The number of halogens is 1. The standard InChI is InChI=1S/C12H17BrN2O2/c1-3-4-5-17-10-7-8(13)6-9(12(14)16)11(10)15-2/h6-7,15H,3-5H2,1-2H3,(H2,14,16). The van der Waals surface area contributed by atoms with Crippen LogP contribution in [0.2, 0.25) is 0 Å². The maximum absolute atomic E-state index is 11.3. The van der Waals surface area contributed by atoms with Gasteiger partial charge in [0.2, 0.25) is 0 Å². The third kappa shape index (κ3) is 3.63. The van der Waals surface area contributed by atoms with E-state index in [0.717, 1.165) is 17.3 Å². The van der Waals surface area contributed by atoms with E-state index in [-0.39, 0.29) is 0 Å². The van der Waals surface area contributed by atoms with Crippen molar-refractivity contribution in [3.8, 4) is 5.75 Å². The summed E-state index contributed by atoms with van der Waals surface area (Å²) in [5.41, 5.74) is 6.39. The topological polar surface area (TPSA) is 64.3 Å². The SMILES string of the molecule is CCCCOc1cc(Br)cc(C(N)=O)c1NC. The smallest absolute Gasteiger partial charge is 0.250 e. The Morgan fingerprint density at radius 1 is 1.53 bits per heavy atom. The molecule has 1 amide bonds. The zero-order chi connectivity index (χ0) is 12.8. The molecular formula is C12H17BrN2O2. The van der Waals surface area contributed by atoms with E-state index in [4.69, 9.17) is 10.5 Å². The van der Waals surface area contributed by atoms with Crippen molar-refractivity contribution in [3.05, 3.63) is 22.2 Å². The minimum atomic E-state index is -0.476. The van der Waals surface area contributed by atoms with Gasteiger partial charge in [-0.1, -0.05) is 29.3 Å². The van der Waals surface area contributed by atoms with E-state index in [2.05, 4.69) is 28.2 Å². The summed E-state index contributed by atoms with van der Waals surface area (Å²) in [6, 6.07) is 3.51. The molecule has 0 bridgehead atoms. The fourth-order valence-electron chi connectivity index (χ4n) is 1.47. The van der Waals surface area contributed by atoms with Crippen molar-refractivity contribution in [1.29, 1.82) is 0 Å². The number of nitrogens with one attached hydrogen (secondary N) is 1. The molecule has 0 atom stereocenters. The maximum Gasteiger partial charge on any atom is 0.250 e. The van der Waals surface area contributed by atoms with Gasteiger partial charge < -0.3 is 15.8 Å². The third-order valence-electron chi connectivity index (χ3n) is 2.34. The minimum absolute atomic E-state index is 0.424. The highest BCUT2D eigenvalue weighted by Crippen LogP contribution is 2.32. The van der Waals surface area contributed by atoms with Crippen LogP contribution < -0.4 is 15.8 Å². The van der Waals surface area contributed by atoms with E-state index >= 15 is 0 Å². The Labute approximate surface area is 110 Å². The molecule has 0 heterocycles. The first kappa shape index (κ1) is 13.8. The zero-order valence-corrected chi connectivity index (χ0v) is 11.6. The number of ether oxygens (including phenoxy) is 1.